The average molecular weight is 160 g/mol. The molecule has 1 aliphatic heterocycles. The van der Waals surface area contributed by atoms with Crippen molar-refractivity contribution in [2.75, 3.05) is 13.1 Å². The predicted octanol–water partition coefficient (Wildman–Crippen LogP) is -2.07. The van der Waals surface area contributed by atoms with Gasteiger partial charge >= 0.3 is 11.8 Å². The number of hydrogen-bond acceptors (Lipinski definition) is 3. The Morgan fingerprint density at radius 3 is 1.64 bits per heavy atom. The maximum Gasteiger partial charge on any atom is 0.309 e. The summed E-state index contributed by atoms with van der Waals surface area (Å²) in [6, 6.07) is 0. The highest BCUT2D eigenvalue weighted by Crippen LogP contribution is 1.73. The SMILES string of the molecule is O=C1NCCNC1=O.O=CO. The van der Waals surface area contributed by atoms with E-state index in [0.29, 0.717) is 13.1 Å². The van der Waals surface area contributed by atoms with Gasteiger partial charge in [-0.1, -0.05) is 0 Å². The van der Waals surface area contributed by atoms with Gasteiger partial charge in [0.1, 0.15) is 0 Å². The van der Waals surface area contributed by atoms with Gasteiger partial charge in [-0.3, -0.25) is 14.4 Å². The van der Waals surface area contributed by atoms with Crippen LogP contribution in [0.4, 0.5) is 0 Å². The summed E-state index contributed by atoms with van der Waals surface area (Å²) in [5.74, 6) is -1.06. The third-order valence-corrected chi connectivity index (χ3v) is 0.902. The van der Waals surface area contributed by atoms with E-state index >= 15 is 0 Å². The summed E-state index contributed by atoms with van der Waals surface area (Å²) < 4.78 is 0. The number of carbonyl (C=O) groups excluding carboxylic acids is 2. The molecule has 1 saturated heterocycles. The molecule has 3 N–H and O–H groups in total. The van der Waals surface area contributed by atoms with Gasteiger partial charge in [-0.2, -0.15) is 0 Å². The largest absolute Gasteiger partial charge is 0.483 e. The summed E-state index contributed by atoms with van der Waals surface area (Å²) in [6.07, 6.45) is 0. The number of hydrogen-bond donors (Lipinski definition) is 3. The molecular formula is C5H8N2O4. The Kier molecular flexibility index (Phi) is 4.46. The summed E-state index contributed by atoms with van der Waals surface area (Å²) in [6.45, 7) is 0.842. The Hall–Kier alpha value is -1.59. The standard InChI is InChI=1S/C4H6N2O2.CH2O2/c7-3-4(8)6-2-1-5-3;2-1-3/h1-2H2,(H,5,7)(H,6,8);1H,(H,2,3). The summed E-state index contributed by atoms with van der Waals surface area (Å²) in [5, 5.41) is 11.7. The van der Waals surface area contributed by atoms with E-state index in [-0.39, 0.29) is 6.47 Å². The van der Waals surface area contributed by atoms with Gasteiger partial charge < -0.3 is 15.7 Å². The second-order valence-electron chi connectivity index (χ2n) is 1.62. The Morgan fingerprint density at radius 1 is 1.18 bits per heavy atom. The molecule has 11 heavy (non-hydrogen) atoms. The first-order valence-corrected chi connectivity index (χ1v) is 2.86. The molecule has 2 amide bonds. The van der Waals surface area contributed by atoms with Gasteiger partial charge in [0.15, 0.2) is 0 Å². The van der Waals surface area contributed by atoms with Gasteiger partial charge in [0, 0.05) is 13.1 Å². The molecule has 0 spiro atoms. The molecule has 0 saturated carbocycles. The Balaban J connectivity index is 0.000000292. The van der Waals surface area contributed by atoms with E-state index in [0.717, 1.165) is 0 Å². The highest BCUT2D eigenvalue weighted by molar-refractivity contribution is 6.35. The quantitative estimate of drug-likeness (QED) is 0.280. The highest BCUT2D eigenvalue weighted by atomic mass is 16.3. The molecule has 1 aliphatic rings. The summed E-state index contributed by atoms with van der Waals surface area (Å²) in [4.78, 5) is 28.9. The van der Waals surface area contributed by atoms with Crippen LogP contribution in [-0.2, 0) is 14.4 Å². The van der Waals surface area contributed by atoms with Crippen molar-refractivity contribution in [2.45, 2.75) is 0 Å². The van der Waals surface area contributed by atoms with E-state index in [9.17, 15) is 9.59 Å². The van der Waals surface area contributed by atoms with Crippen molar-refractivity contribution in [1.29, 1.82) is 0 Å². The van der Waals surface area contributed by atoms with Crippen molar-refractivity contribution in [2.24, 2.45) is 0 Å². The van der Waals surface area contributed by atoms with Crippen LogP contribution in [0.5, 0.6) is 0 Å². The number of nitrogens with one attached hydrogen (secondary N) is 2. The summed E-state index contributed by atoms with van der Waals surface area (Å²) in [5.41, 5.74) is 0. The first kappa shape index (κ1) is 9.41. The lowest BCUT2D eigenvalue weighted by Crippen LogP contribution is -2.49. The molecule has 62 valence electrons. The van der Waals surface area contributed by atoms with E-state index < -0.39 is 11.8 Å². The maximum atomic E-state index is 10.3. The topological polar surface area (TPSA) is 95.5 Å². The van der Waals surface area contributed by atoms with Crippen molar-refractivity contribution in [1.82, 2.24) is 10.6 Å². The lowest BCUT2D eigenvalue weighted by molar-refractivity contribution is -0.140. The Morgan fingerprint density at radius 2 is 1.45 bits per heavy atom. The summed E-state index contributed by atoms with van der Waals surface area (Å²) >= 11 is 0. The Labute approximate surface area is 62.6 Å². The van der Waals surface area contributed by atoms with Crippen LogP contribution < -0.4 is 10.6 Å². The van der Waals surface area contributed by atoms with E-state index in [1.54, 1.807) is 0 Å². The zero-order valence-electron chi connectivity index (χ0n) is 5.66. The fourth-order valence-electron chi connectivity index (χ4n) is 0.513. The van der Waals surface area contributed by atoms with Crippen molar-refractivity contribution in [3.8, 4) is 0 Å². The van der Waals surface area contributed by atoms with Crippen LogP contribution in [0.15, 0.2) is 0 Å². The van der Waals surface area contributed by atoms with Gasteiger partial charge in [-0.15, -0.1) is 0 Å². The number of amides is 2. The Bertz CT molecular complexity index is 152. The number of rotatable bonds is 0. The molecule has 0 aromatic rings. The fourth-order valence-corrected chi connectivity index (χ4v) is 0.513. The van der Waals surface area contributed by atoms with Gasteiger partial charge in [-0.05, 0) is 0 Å². The van der Waals surface area contributed by atoms with Crippen molar-refractivity contribution in [3.05, 3.63) is 0 Å². The third kappa shape index (κ3) is 3.90. The van der Waals surface area contributed by atoms with Crippen LogP contribution in [0.2, 0.25) is 0 Å². The molecule has 0 aliphatic carbocycles. The molecule has 0 aromatic carbocycles. The van der Waals surface area contributed by atoms with Crippen LogP contribution in [0, 0.1) is 0 Å². The predicted molar refractivity (Wildman–Crippen MR) is 34.7 cm³/mol. The monoisotopic (exact) mass is 160 g/mol. The fraction of sp³-hybridized carbons (Fsp3) is 0.400. The first-order chi connectivity index (χ1) is 5.22. The lowest BCUT2D eigenvalue weighted by atomic mass is 10.4. The second kappa shape index (κ2) is 5.21. The number of piperazine rings is 1. The molecule has 0 radical (unpaired) electrons. The van der Waals surface area contributed by atoms with Gasteiger partial charge in [0.25, 0.3) is 6.47 Å². The molecule has 6 heteroatoms. The van der Waals surface area contributed by atoms with Gasteiger partial charge in [0.05, 0.1) is 0 Å². The lowest BCUT2D eigenvalue weighted by Gasteiger charge is -2.10. The van der Waals surface area contributed by atoms with Crippen LogP contribution in [-0.4, -0.2) is 36.5 Å². The molecule has 1 fully saturated rings. The van der Waals surface area contributed by atoms with Crippen LogP contribution in [0.3, 0.4) is 0 Å². The minimum absolute atomic E-state index is 0.250. The summed E-state index contributed by atoms with van der Waals surface area (Å²) in [7, 11) is 0. The second-order valence-corrected chi connectivity index (χ2v) is 1.62. The molecule has 1 rings (SSSR count). The number of carboxylic acid groups (broad SMARTS) is 1. The minimum Gasteiger partial charge on any atom is -0.483 e. The van der Waals surface area contributed by atoms with Gasteiger partial charge in [-0.25, -0.2) is 0 Å². The molecule has 0 unspecified atom stereocenters. The van der Waals surface area contributed by atoms with Crippen molar-refractivity contribution < 1.29 is 19.5 Å². The molecular weight excluding hydrogens is 152 g/mol. The average Bonchev–Trinajstić information content (AvgIpc) is 1.97. The van der Waals surface area contributed by atoms with Crippen LogP contribution in [0.25, 0.3) is 0 Å². The molecule has 0 bridgehead atoms. The minimum atomic E-state index is -0.531. The zero-order valence-corrected chi connectivity index (χ0v) is 5.66. The number of carbonyl (C=O) groups is 3. The van der Waals surface area contributed by atoms with Gasteiger partial charge in [0.2, 0.25) is 0 Å². The van der Waals surface area contributed by atoms with E-state index in [2.05, 4.69) is 10.6 Å². The van der Waals surface area contributed by atoms with Crippen molar-refractivity contribution >= 4 is 18.3 Å². The highest BCUT2D eigenvalue weighted by Gasteiger charge is 2.15. The zero-order chi connectivity index (χ0) is 8.69. The molecule has 6 nitrogen and oxygen atoms in total. The first-order valence-electron chi connectivity index (χ1n) is 2.86. The maximum absolute atomic E-state index is 10.3. The van der Waals surface area contributed by atoms with Crippen LogP contribution >= 0.6 is 0 Å². The van der Waals surface area contributed by atoms with E-state index in [1.165, 1.54) is 0 Å². The smallest absolute Gasteiger partial charge is 0.309 e. The third-order valence-electron chi connectivity index (χ3n) is 0.902. The molecule has 0 aromatic heterocycles. The van der Waals surface area contributed by atoms with Crippen LogP contribution in [0.1, 0.15) is 0 Å². The van der Waals surface area contributed by atoms with Crippen molar-refractivity contribution in [3.63, 3.8) is 0 Å². The molecule has 0 atom stereocenters. The van der Waals surface area contributed by atoms with E-state index in [1.807, 2.05) is 0 Å². The molecule has 1 heterocycles. The normalized spacial score (nSPS) is 15.3. The van der Waals surface area contributed by atoms with E-state index in [4.69, 9.17) is 9.90 Å².